The van der Waals surface area contributed by atoms with Crippen molar-refractivity contribution in [1.29, 1.82) is 0 Å². The first-order valence-electron chi connectivity index (χ1n) is 12.8. The van der Waals surface area contributed by atoms with Crippen LogP contribution in [0, 0.1) is 0 Å². The number of allylic oxidation sites excluding steroid dienone is 2. The number of carbonyl (C=O) groups is 3. The molecule has 210 valence electrons. The number of carbonyl (C=O) groups excluding carboxylic acids is 3. The van der Waals surface area contributed by atoms with Gasteiger partial charge in [0.25, 0.3) is 17.7 Å². The summed E-state index contributed by atoms with van der Waals surface area (Å²) >= 11 is 2.46. The quantitative estimate of drug-likeness (QED) is 0.140. The Kier molecular flexibility index (Phi) is 10.2. The Labute approximate surface area is 246 Å². The first-order chi connectivity index (χ1) is 19.8. The van der Waals surface area contributed by atoms with Crippen LogP contribution in [0.1, 0.15) is 34.8 Å². The van der Waals surface area contributed by atoms with Gasteiger partial charge >= 0.3 is 0 Å². The van der Waals surface area contributed by atoms with Crippen molar-refractivity contribution in [2.75, 3.05) is 13.2 Å². The van der Waals surface area contributed by atoms with Crippen molar-refractivity contribution in [1.82, 2.24) is 16.1 Å². The van der Waals surface area contributed by atoms with E-state index in [-0.39, 0.29) is 37.3 Å². The topological polar surface area (TPSA) is 140 Å². The summed E-state index contributed by atoms with van der Waals surface area (Å²) in [4.78, 5) is 39.0. The Morgan fingerprint density at radius 1 is 0.951 bits per heavy atom. The molecular weight excluding hydrogens is 559 g/mol. The van der Waals surface area contributed by atoms with E-state index in [0.717, 1.165) is 33.2 Å². The predicted octanol–water partition coefficient (Wildman–Crippen LogP) is 2.16. The van der Waals surface area contributed by atoms with E-state index < -0.39 is 5.91 Å². The van der Waals surface area contributed by atoms with Crippen molar-refractivity contribution in [3.63, 3.8) is 0 Å². The van der Waals surface area contributed by atoms with Crippen LogP contribution >= 0.6 is 23.1 Å². The van der Waals surface area contributed by atoms with Crippen LogP contribution in [0.15, 0.2) is 81.0 Å². The zero-order valence-electron chi connectivity index (χ0n) is 22.6. The number of thioether (sulfide) groups is 1. The highest BCUT2D eigenvalue weighted by Gasteiger charge is 2.21. The number of hydrogen-bond acceptors (Lipinski definition) is 8. The molecule has 0 saturated carbocycles. The molecule has 2 aromatic carbocycles. The summed E-state index contributed by atoms with van der Waals surface area (Å²) in [5.74, 6) is -0.933. The maximum absolute atomic E-state index is 12.8. The van der Waals surface area contributed by atoms with Crippen LogP contribution in [0.25, 0.3) is 10.4 Å². The number of hydrazone groups is 1. The van der Waals surface area contributed by atoms with Crippen molar-refractivity contribution in [2.24, 2.45) is 5.10 Å². The van der Waals surface area contributed by atoms with E-state index in [1.165, 1.54) is 11.3 Å². The molecule has 9 nitrogen and oxygen atoms in total. The Balaban J connectivity index is 1.30. The first-order valence-corrected chi connectivity index (χ1v) is 14.5. The minimum atomic E-state index is -0.448. The maximum atomic E-state index is 12.8. The number of benzene rings is 2. The van der Waals surface area contributed by atoms with Gasteiger partial charge in [-0.2, -0.15) is 5.10 Å². The summed E-state index contributed by atoms with van der Waals surface area (Å²) < 4.78 is 0. The molecular formula is C29H29BN4O5S2. The van der Waals surface area contributed by atoms with Gasteiger partial charge in [-0.25, -0.2) is 5.43 Å². The van der Waals surface area contributed by atoms with Crippen LogP contribution in [-0.4, -0.2) is 54.6 Å². The van der Waals surface area contributed by atoms with E-state index in [9.17, 15) is 19.5 Å². The average Bonchev–Trinajstić information content (AvgIpc) is 3.39. The highest BCUT2D eigenvalue weighted by Crippen LogP contribution is 2.38. The monoisotopic (exact) mass is 588 g/mol. The summed E-state index contributed by atoms with van der Waals surface area (Å²) in [6, 6.07) is 14.6. The second-order valence-electron chi connectivity index (χ2n) is 9.16. The molecule has 0 radical (unpaired) electrons. The van der Waals surface area contributed by atoms with Crippen LogP contribution in [-0.2, 0) is 16.1 Å². The normalized spacial score (nSPS) is 13.2. The third-order valence-corrected chi connectivity index (χ3v) is 8.30. The zero-order chi connectivity index (χ0) is 29.4. The van der Waals surface area contributed by atoms with Crippen LogP contribution in [0.3, 0.4) is 0 Å². The molecule has 5 N–H and O–H groups in total. The third kappa shape index (κ3) is 7.75. The van der Waals surface area contributed by atoms with E-state index in [1.54, 1.807) is 48.7 Å². The third-order valence-electron chi connectivity index (χ3n) is 6.13. The van der Waals surface area contributed by atoms with Gasteiger partial charge in [0.1, 0.15) is 13.6 Å². The number of rotatable bonds is 10. The summed E-state index contributed by atoms with van der Waals surface area (Å²) in [5, 5.41) is 31.0. The van der Waals surface area contributed by atoms with Crippen molar-refractivity contribution in [3.05, 3.63) is 92.6 Å². The molecule has 2 heterocycles. The minimum absolute atomic E-state index is 0.113. The average molecular weight is 589 g/mol. The number of aromatic hydroxyl groups is 1. The minimum Gasteiger partial charge on any atom is -0.506 e. The highest BCUT2D eigenvalue weighted by molar-refractivity contribution is 8.08. The van der Waals surface area contributed by atoms with Gasteiger partial charge in [0.2, 0.25) is 0 Å². The molecule has 1 aliphatic rings. The predicted molar refractivity (Wildman–Crippen MR) is 166 cm³/mol. The van der Waals surface area contributed by atoms with Crippen LogP contribution < -0.4 is 21.5 Å². The zero-order valence-corrected chi connectivity index (χ0v) is 24.2. The van der Waals surface area contributed by atoms with E-state index in [1.807, 2.05) is 32.1 Å². The summed E-state index contributed by atoms with van der Waals surface area (Å²) in [7, 11) is 2.00. The lowest BCUT2D eigenvalue weighted by Crippen LogP contribution is -2.27. The first kappa shape index (κ1) is 29.8. The molecule has 41 heavy (non-hydrogen) atoms. The van der Waals surface area contributed by atoms with Crippen LogP contribution in [0.5, 0.6) is 5.75 Å². The second kappa shape index (κ2) is 14.0. The Morgan fingerprint density at radius 3 is 2.32 bits per heavy atom. The van der Waals surface area contributed by atoms with Crippen LogP contribution in [0.2, 0.25) is 0 Å². The fraction of sp³-hybridized carbons (Fsp3) is 0.172. The lowest BCUT2D eigenvalue weighted by atomic mass is 9.95. The van der Waals surface area contributed by atoms with E-state index in [0.29, 0.717) is 33.1 Å². The Hall–Kier alpha value is -4.13. The summed E-state index contributed by atoms with van der Waals surface area (Å²) in [5.41, 5.74) is 6.81. The molecule has 0 bridgehead atoms. The van der Waals surface area contributed by atoms with Crippen molar-refractivity contribution >= 4 is 59.8 Å². The van der Waals surface area contributed by atoms with Gasteiger partial charge in [0.15, 0.2) is 0 Å². The van der Waals surface area contributed by atoms with Gasteiger partial charge in [0.05, 0.1) is 32.6 Å². The second-order valence-corrected chi connectivity index (χ2v) is 11.1. The summed E-state index contributed by atoms with van der Waals surface area (Å²) in [6.45, 7) is 2.00. The smallest absolute Gasteiger partial charge is 0.277 e. The highest BCUT2D eigenvalue weighted by atomic mass is 32.2. The number of aliphatic hydroxyl groups is 1. The molecule has 1 aliphatic heterocycles. The van der Waals surface area contributed by atoms with Gasteiger partial charge in [-0.05, 0) is 36.6 Å². The molecule has 0 spiro atoms. The van der Waals surface area contributed by atoms with Gasteiger partial charge in [-0.15, -0.1) is 11.3 Å². The fourth-order valence-electron chi connectivity index (χ4n) is 3.84. The number of amides is 3. The van der Waals surface area contributed by atoms with E-state index >= 15 is 0 Å². The molecule has 4 rings (SSSR count). The molecule has 3 amide bonds. The van der Waals surface area contributed by atoms with E-state index in [4.69, 9.17) is 5.11 Å². The van der Waals surface area contributed by atoms with E-state index in [2.05, 4.69) is 21.2 Å². The lowest BCUT2D eigenvalue weighted by Gasteiger charge is -2.14. The molecule has 12 heteroatoms. The Bertz CT molecular complexity index is 1530. The molecule has 0 unspecified atom stereocenters. The molecule has 1 aromatic heterocycles. The van der Waals surface area contributed by atoms with Gasteiger partial charge in [0, 0.05) is 24.0 Å². The molecule has 0 fully saturated rings. The maximum Gasteiger partial charge on any atom is 0.277 e. The number of nitrogens with one attached hydrogen (secondary N) is 3. The molecule has 3 aromatic rings. The van der Waals surface area contributed by atoms with Crippen molar-refractivity contribution in [2.45, 2.75) is 19.9 Å². The standard InChI is InChI=1S/C29H29BN4O5S2/c1-17(22-16-40-26(25(22)36)19-9-11-21(30)12-10-19)33-34-29(39)24-4-2-3-23(41-24)28(38)32-15-18-5-7-20(8-6-18)27(37)31-13-14-35/h3-12,16,35-36H,2,13-15,30H2,1H3,(H,31,37)(H,32,38)(H,34,39)/b33-17+. The number of nitrogens with zero attached hydrogens (tertiary/aromatic N) is 1. The van der Waals surface area contributed by atoms with Gasteiger partial charge < -0.3 is 20.8 Å². The van der Waals surface area contributed by atoms with Crippen molar-refractivity contribution in [3.8, 4) is 16.2 Å². The molecule has 0 atom stereocenters. The van der Waals surface area contributed by atoms with Crippen LogP contribution in [0.4, 0.5) is 0 Å². The fourth-order valence-corrected chi connectivity index (χ4v) is 5.75. The number of hydrogen-bond donors (Lipinski definition) is 5. The molecule has 0 saturated heterocycles. The lowest BCUT2D eigenvalue weighted by molar-refractivity contribution is -0.117. The van der Waals surface area contributed by atoms with Gasteiger partial charge in [-0.1, -0.05) is 65.8 Å². The van der Waals surface area contributed by atoms with Crippen molar-refractivity contribution < 1.29 is 24.6 Å². The van der Waals surface area contributed by atoms with Gasteiger partial charge in [-0.3, -0.25) is 14.4 Å². The number of thiophene rings is 1. The summed E-state index contributed by atoms with van der Waals surface area (Å²) in [6.07, 6.45) is 3.89. The molecule has 0 aliphatic carbocycles. The number of aliphatic hydroxyl groups excluding tert-OH is 1. The SMILES string of the molecule is Bc1ccc(-c2scc(/C(C)=N/NC(=O)C3=CCC=C(C(=O)NCc4ccc(C(=O)NCCO)cc4)S3)c2O)cc1. The Morgan fingerprint density at radius 2 is 1.63 bits per heavy atom. The largest absolute Gasteiger partial charge is 0.506 e.